The van der Waals surface area contributed by atoms with Crippen LogP contribution < -0.4 is 5.32 Å². The van der Waals surface area contributed by atoms with Crippen molar-refractivity contribution in [1.29, 1.82) is 0 Å². The molecule has 1 fully saturated rings. The van der Waals surface area contributed by atoms with Gasteiger partial charge in [-0.05, 0) is 32.2 Å². The van der Waals surface area contributed by atoms with Gasteiger partial charge in [0.05, 0.1) is 12.2 Å². The summed E-state index contributed by atoms with van der Waals surface area (Å²) in [6, 6.07) is 0. The maximum absolute atomic E-state index is 11.8. The lowest BCUT2D eigenvalue weighted by atomic mass is 10.1. The molecule has 0 spiro atoms. The molecule has 0 aliphatic carbocycles. The van der Waals surface area contributed by atoms with Crippen LogP contribution in [0.1, 0.15) is 18.5 Å². The second-order valence-electron chi connectivity index (χ2n) is 4.74. The van der Waals surface area contributed by atoms with E-state index in [0.29, 0.717) is 17.6 Å². The van der Waals surface area contributed by atoms with Crippen LogP contribution in [0.5, 0.6) is 0 Å². The van der Waals surface area contributed by atoms with Gasteiger partial charge in [0, 0.05) is 18.5 Å². The molecule has 18 heavy (non-hydrogen) atoms. The molecule has 5 nitrogen and oxygen atoms in total. The van der Waals surface area contributed by atoms with Crippen LogP contribution >= 0.6 is 11.3 Å². The Morgan fingerprint density at radius 1 is 1.72 bits per heavy atom. The van der Waals surface area contributed by atoms with E-state index >= 15 is 0 Å². The number of nitrogens with one attached hydrogen (secondary N) is 1. The van der Waals surface area contributed by atoms with Crippen LogP contribution in [0.2, 0.25) is 0 Å². The first-order chi connectivity index (χ1) is 8.67. The SMILES string of the molecule is Cc1csc(NC(=O)CN2CCC(CCO)C2)n1. The molecule has 100 valence electrons. The summed E-state index contributed by atoms with van der Waals surface area (Å²) < 4.78 is 0. The maximum Gasteiger partial charge on any atom is 0.240 e. The molecule has 2 heterocycles. The molecule has 1 aromatic heterocycles. The molecule has 0 saturated carbocycles. The monoisotopic (exact) mass is 269 g/mol. The molecule has 1 aliphatic rings. The van der Waals surface area contributed by atoms with Crippen molar-refractivity contribution in [3.8, 4) is 0 Å². The summed E-state index contributed by atoms with van der Waals surface area (Å²) in [5.74, 6) is 0.527. The molecule has 0 aromatic carbocycles. The van der Waals surface area contributed by atoms with Gasteiger partial charge in [0.25, 0.3) is 0 Å². The number of aliphatic hydroxyl groups is 1. The molecule has 1 saturated heterocycles. The van der Waals surface area contributed by atoms with Gasteiger partial charge >= 0.3 is 0 Å². The number of amides is 1. The number of anilines is 1. The van der Waals surface area contributed by atoms with E-state index in [2.05, 4.69) is 15.2 Å². The topological polar surface area (TPSA) is 65.5 Å². The number of nitrogens with zero attached hydrogens (tertiary/aromatic N) is 2. The third kappa shape index (κ3) is 3.76. The molecule has 2 N–H and O–H groups in total. The summed E-state index contributed by atoms with van der Waals surface area (Å²) >= 11 is 1.45. The van der Waals surface area contributed by atoms with E-state index < -0.39 is 0 Å². The number of hydrogen-bond acceptors (Lipinski definition) is 5. The van der Waals surface area contributed by atoms with Crippen LogP contribution in [0, 0.1) is 12.8 Å². The zero-order valence-electron chi connectivity index (χ0n) is 10.6. The molecular weight excluding hydrogens is 250 g/mol. The van der Waals surface area contributed by atoms with E-state index in [1.807, 2.05) is 12.3 Å². The van der Waals surface area contributed by atoms with Crippen LogP contribution in [0.25, 0.3) is 0 Å². The lowest BCUT2D eigenvalue weighted by molar-refractivity contribution is -0.117. The number of rotatable bonds is 5. The Labute approximate surface area is 111 Å². The van der Waals surface area contributed by atoms with Gasteiger partial charge in [0.2, 0.25) is 5.91 Å². The normalized spacial score (nSPS) is 20.2. The van der Waals surface area contributed by atoms with E-state index in [1.165, 1.54) is 11.3 Å². The van der Waals surface area contributed by atoms with Crippen molar-refractivity contribution < 1.29 is 9.90 Å². The third-order valence-corrected chi connectivity index (χ3v) is 4.02. The number of carbonyl (C=O) groups excluding carboxylic acids is 1. The summed E-state index contributed by atoms with van der Waals surface area (Å²) in [5, 5.41) is 14.3. The number of aliphatic hydroxyl groups excluding tert-OH is 1. The van der Waals surface area contributed by atoms with Crippen LogP contribution in [-0.2, 0) is 4.79 Å². The van der Waals surface area contributed by atoms with Crippen LogP contribution in [0.3, 0.4) is 0 Å². The number of likely N-dealkylation sites (tertiary alicyclic amines) is 1. The average molecular weight is 269 g/mol. The summed E-state index contributed by atoms with van der Waals surface area (Å²) in [7, 11) is 0. The molecule has 0 radical (unpaired) electrons. The smallest absolute Gasteiger partial charge is 0.240 e. The zero-order valence-corrected chi connectivity index (χ0v) is 11.4. The van der Waals surface area contributed by atoms with E-state index in [4.69, 9.17) is 5.11 Å². The molecule has 1 amide bonds. The third-order valence-electron chi connectivity index (χ3n) is 3.14. The standard InChI is InChI=1S/C12H19N3O2S/c1-9-8-18-12(13-9)14-11(17)7-15-4-2-10(6-15)3-5-16/h8,10,16H,2-7H2,1H3,(H,13,14,17). The molecule has 1 atom stereocenters. The molecule has 0 bridgehead atoms. The number of thiazole rings is 1. The quantitative estimate of drug-likeness (QED) is 0.840. The highest BCUT2D eigenvalue weighted by molar-refractivity contribution is 7.13. The maximum atomic E-state index is 11.8. The predicted molar refractivity (Wildman–Crippen MR) is 71.7 cm³/mol. The average Bonchev–Trinajstić information content (AvgIpc) is 2.89. The number of hydrogen-bond donors (Lipinski definition) is 2. The number of aryl methyl sites for hydroxylation is 1. The van der Waals surface area contributed by atoms with Crippen molar-refractivity contribution in [3.63, 3.8) is 0 Å². The highest BCUT2D eigenvalue weighted by Gasteiger charge is 2.23. The van der Waals surface area contributed by atoms with Crippen LogP contribution in [0.4, 0.5) is 5.13 Å². The Morgan fingerprint density at radius 2 is 2.56 bits per heavy atom. The second kappa shape index (κ2) is 6.26. The number of aromatic nitrogens is 1. The zero-order chi connectivity index (χ0) is 13.0. The minimum absolute atomic E-state index is 0.00556. The van der Waals surface area contributed by atoms with Gasteiger partial charge in [-0.15, -0.1) is 11.3 Å². The Kier molecular flexibility index (Phi) is 4.68. The summed E-state index contributed by atoms with van der Waals surface area (Å²) in [5.41, 5.74) is 0.930. The minimum atomic E-state index is -0.00556. The Balaban J connectivity index is 1.75. The van der Waals surface area contributed by atoms with Gasteiger partial charge in [-0.2, -0.15) is 0 Å². The lowest BCUT2D eigenvalue weighted by Crippen LogP contribution is -2.31. The van der Waals surface area contributed by atoms with Gasteiger partial charge in [-0.3, -0.25) is 9.69 Å². The molecule has 1 aromatic rings. The second-order valence-corrected chi connectivity index (χ2v) is 5.60. The molecular formula is C12H19N3O2S. The van der Waals surface area contributed by atoms with Crippen molar-refractivity contribution in [1.82, 2.24) is 9.88 Å². The molecule has 6 heteroatoms. The lowest BCUT2D eigenvalue weighted by Gasteiger charge is -2.14. The van der Waals surface area contributed by atoms with E-state index in [-0.39, 0.29) is 12.5 Å². The van der Waals surface area contributed by atoms with Crippen molar-refractivity contribution in [3.05, 3.63) is 11.1 Å². The van der Waals surface area contributed by atoms with E-state index in [0.717, 1.165) is 31.6 Å². The van der Waals surface area contributed by atoms with Gasteiger partial charge < -0.3 is 10.4 Å². The predicted octanol–water partition coefficient (Wildman–Crippen LogP) is 1.09. The van der Waals surface area contributed by atoms with Gasteiger partial charge in [-0.1, -0.05) is 0 Å². The Bertz CT molecular complexity index is 408. The van der Waals surface area contributed by atoms with Gasteiger partial charge in [0.15, 0.2) is 5.13 Å². The minimum Gasteiger partial charge on any atom is -0.396 e. The first-order valence-corrected chi connectivity index (χ1v) is 7.10. The fourth-order valence-corrected chi connectivity index (χ4v) is 2.95. The largest absolute Gasteiger partial charge is 0.396 e. The van der Waals surface area contributed by atoms with Gasteiger partial charge in [0.1, 0.15) is 0 Å². The highest BCUT2D eigenvalue weighted by Crippen LogP contribution is 2.19. The summed E-state index contributed by atoms with van der Waals surface area (Å²) in [6.45, 7) is 4.41. The molecule has 1 aliphatic heterocycles. The fraction of sp³-hybridized carbons (Fsp3) is 0.667. The van der Waals surface area contributed by atoms with E-state index in [9.17, 15) is 4.79 Å². The first kappa shape index (κ1) is 13.5. The number of carbonyl (C=O) groups is 1. The van der Waals surface area contributed by atoms with Crippen molar-refractivity contribution in [2.24, 2.45) is 5.92 Å². The van der Waals surface area contributed by atoms with Crippen molar-refractivity contribution in [2.45, 2.75) is 19.8 Å². The van der Waals surface area contributed by atoms with Crippen LogP contribution in [0.15, 0.2) is 5.38 Å². The Hall–Kier alpha value is -0.980. The van der Waals surface area contributed by atoms with Crippen molar-refractivity contribution >= 4 is 22.4 Å². The van der Waals surface area contributed by atoms with Crippen LogP contribution in [-0.4, -0.2) is 47.1 Å². The molecule has 1 unspecified atom stereocenters. The van der Waals surface area contributed by atoms with Gasteiger partial charge in [-0.25, -0.2) is 4.98 Å². The first-order valence-electron chi connectivity index (χ1n) is 6.22. The summed E-state index contributed by atoms with van der Waals surface area (Å²) in [4.78, 5) is 18.1. The fourth-order valence-electron chi connectivity index (χ4n) is 2.25. The van der Waals surface area contributed by atoms with E-state index in [1.54, 1.807) is 0 Å². The highest BCUT2D eigenvalue weighted by atomic mass is 32.1. The molecule has 2 rings (SSSR count). The summed E-state index contributed by atoms with van der Waals surface area (Å²) in [6.07, 6.45) is 1.91. The Morgan fingerprint density at radius 3 is 3.22 bits per heavy atom. The van der Waals surface area contributed by atoms with Crippen molar-refractivity contribution in [2.75, 3.05) is 31.6 Å².